The third-order valence-corrected chi connectivity index (χ3v) is 3.26. The van der Waals surface area contributed by atoms with E-state index in [0.29, 0.717) is 6.04 Å². The number of nitrogens with zero attached hydrogens (tertiary/aromatic N) is 1. The molecule has 1 unspecified atom stereocenters. The maximum atomic E-state index is 3.56. The summed E-state index contributed by atoms with van der Waals surface area (Å²) in [5.74, 6) is 0. The van der Waals surface area contributed by atoms with E-state index in [-0.39, 0.29) is 0 Å². The van der Waals surface area contributed by atoms with E-state index in [2.05, 4.69) is 49.0 Å². The highest BCUT2D eigenvalue weighted by molar-refractivity contribution is 5.11. The van der Waals surface area contributed by atoms with Crippen LogP contribution in [0.15, 0.2) is 18.3 Å². The van der Waals surface area contributed by atoms with Crippen LogP contribution in [0.2, 0.25) is 0 Å². The van der Waals surface area contributed by atoms with E-state index in [1.54, 1.807) is 0 Å². The summed E-state index contributed by atoms with van der Waals surface area (Å²) in [5.41, 5.74) is 1.43. The van der Waals surface area contributed by atoms with Gasteiger partial charge < -0.3 is 9.88 Å². The highest BCUT2D eigenvalue weighted by Gasteiger charge is 2.08. The zero-order chi connectivity index (χ0) is 12.5. The van der Waals surface area contributed by atoms with E-state index in [1.807, 2.05) is 0 Å². The molecule has 0 fully saturated rings. The zero-order valence-electron chi connectivity index (χ0n) is 11.7. The van der Waals surface area contributed by atoms with Crippen molar-refractivity contribution in [2.24, 2.45) is 0 Å². The van der Waals surface area contributed by atoms with Crippen LogP contribution in [-0.4, -0.2) is 11.1 Å². The lowest BCUT2D eigenvalue weighted by atomic mass is 10.2. The highest BCUT2D eigenvalue weighted by atomic mass is 15.0. The Morgan fingerprint density at radius 3 is 2.71 bits per heavy atom. The molecular weight excluding hydrogens is 208 g/mol. The molecule has 0 spiro atoms. The van der Waals surface area contributed by atoms with Crippen molar-refractivity contribution in [2.75, 3.05) is 6.54 Å². The van der Waals surface area contributed by atoms with Crippen LogP contribution in [0, 0.1) is 0 Å². The van der Waals surface area contributed by atoms with E-state index in [4.69, 9.17) is 0 Å². The van der Waals surface area contributed by atoms with E-state index in [0.717, 1.165) is 6.54 Å². The minimum absolute atomic E-state index is 0.469. The van der Waals surface area contributed by atoms with Crippen LogP contribution in [0.25, 0.3) is 0 Å². The lowest BCUT2D eigenvalue weighted by molar-refractivity contribution is 0.506. The molecule has 0 aliphatic carbocycles. The van der Waals surface area contributed by atoms with Gasteiger partial charge >= 0.3 is 0 Å². The Hall–Kier alpha value is -0.760. The van der Waals surface area contributed by atoms with Gasteiger partial charge in [-0.2, -0.15) is 0 Å². The fourth-order valence-corrected chi connectivity index (χ4v) is 2.20. The molecule has 1 N–H and O–H groups in total. The summed E-state index contributed by atoms with van der Waals surface area (Å²) in [5, 5.41) is 3.56. The minimum atomic E-state index is 0.469. The van der Waals surface area contributed by atoms with Gasteiger partial charge in [-0.05, 0) is 38.4 Å². The van der Waals surface area contributed by atoms with Crippen molar-refractivity contribution < 1.29 is 0 Å². The third-order valence-electron chi connectivity index (χ3n) is 3.26. The van der Waals surface area contributed by atoms with E-state index in [1.165, 1.54) is 44.3 Å². The first-order valence-electron chi connectivity index (χ1n) is 7.18. The summed E-state index contributed by atoms with van der Waals surface area (Å²) in [4.78, 5) is 0. The molecule has 0 saturated carbocycles. The van der Waals surface area contributed by atoms with Gasteiger partial charge in [0, 0.05) is 24.5 Å². The summed E-state index contributed by atoms with van der Waals surface area (Å²) in [6, 6.07) is 4.88. The molecule has 0 aliphatic rings. The molecule has 98 valence electrons. The SMILES string of the molecule is CCCCCCn1cccc1C(C)NCCC. The summed E-state index contributed by atoms with van der Waals surface area (Å²) in [6.45, 7) is 9.00. The molecule has 1 rings (SSSR count). The third kappa shape index (κ3) is 4.95. The molecule has 2 nitrogen and oxygen atoms in total. The highest BCUT2D eigenvalue weighted by Crippen LogP contribution is 2.14. The monoisotopic (exact) mass is 236 g/mol. The fourth-order valence-electron chi connectivity index (χ4n) is 2.20. The first kappa shape index (κ1) is 14.3. The Balaban J connectivity index is 2.41. The molecule has 2 heteroatoms. The molecule has 0 amide bonds. The van der Waals surface area contributed by atoms with E-state index < -0.39 is 0 Å². The van der Waals surface area contributed by atoms with Crippen LogP contribution < -0.4 is 5.32 Å². The summed E-state index contributed by atoms with van der Waals surface area (Å²) < 4.78 is 2.41. The van der Waals surface area contributed by atoms with Crippen molar-refractivity contribution in [3.05, 3.63) is 24.0 Å². The molecule has 0 aliphatic heterocycles. The molecule has 1 heterocycles. The average molecular weight is 236 g/mol. The number of unbranched alkanes of at least 4 members (excludes halogenated alkanes) is 3. The van der Waals surface area contributed by atoms with E-state index >= 15 is 0 Å². The maximum Gasteiger partial charge on any atom is 0.0446 e. The Bertz CT molecular complexity index is 291. The maximum absolute atomic E-state index is 3.56. The van der Waals surface area contributed by atoms with Gasteiger partial charge in [-0.1, -0.05) is 33.1 Å². The summed E-state index contributed by atoms with van der Waals surface area (Å²) in [7, 11) is 0. The van der Waals surface area contributed by atoms with Gasteiger partial charge in [-0.25, -0.2) is 0 Å². The minimum Gasteiger partial charge on any atom is -0.350 e. The van der Waals surface area contributed by atoms with E-state index in [9.17, 15) is 0 Å². The van der Waals surface area contributed by atoms with Crippen LogP contribution in [0.1, 0.15) is 64.6 Å². The molecule has 0 aromatic carbocycles. The smallest absolute Gasteiger partial charge is 0.0446 e. The van der Waals surface area contributed by atoms with Crippen LogP contribution >= 0.6 is 0 Å². The van der Waals surface area contributed by atoms with Gasteiger partial charge in [-0.3, -0.25) is 0 Å². The molecule has 17 heavy (non-hydrogen) atoms. The number of hydrogen-bond acceptors (Lipinski definition) is 1. The molecule has 0 bridgehead atoms. The molecule has 0 saturated heterocycles. The van der Waals surface area contributed by atoms with Crippen molar-refractivity contribution in [3.8, 4) is 0 Å². The van der Waals surface area contributed by atoms with Crippen molar-refractivity contribution in [3.63, 3.8) is 0 Å². The number of aromatic nitrogens is 1. The topological polar surface area (TPSA) is 17.0 Å². The van der Waals surface area contributed by atoms with Crippen molar-refractivity contribution in [1.82, 2.24) is 9.88 Å². The molecule has 1 aromatic heterocycles. The predicted molar refractivity (Wildman–Crippen MR) is 75.3 cm³/mol. The number of nitrogens with one attached hydrogen (secondary N) is 1. The van der Waals surface area contributed by atoms with Crippen molar-refractivity contribution >= 4 is 0 Å². The van der Waals surface area contributed by atoms with Crippen LogP contribution in [0.3, 0.4) is 0 Å². The fraction of sp³-hybridized carbons (Fsp3) is 0.733. The van der Waals surface area contributed by atoms with Gasteiger partial charge in [0.1, 0.15) is 0 Å². The Labute approximate surface area is 106 Å². The lowest BCUT2D eigenvalue weighted by Crippen LogP contribution is -2.21. The van der Waals surface area contributed by atoms with Crippen molar-refractivity contribution in [1.29, 1.82) is 0 Å². The van der Waals surface area contributed by atoms with Gasteiger partial charge in [0.25, 0.3) is 0 Å². The number of hydrogen-bond donors (Lipinski definition) is 1. The molecular formula is C15H28N2. The molecule has 1 atom stereocenters. The van der Waals surface area contributed by atoms with Crippen LogP contribution in [0.4, 0.5) is 0 Å². The van der Waals surface area contributed by atoms with Gasteiger partial charge in [0.2, 0.25) is 0 Å². The summed E-state index contributed by atoms with van der Waals surface area (Å²) >= 11 is 0. The second-order valence-corrected chi connectivity index (χ2v) is 4.86. The molecule has 1 aromatic rings. The van der Waals surface area contributed by atoms with Gasteiger partial charge in [0.15, 0.2) is 0 Å². The van der Waals surface area contributed by atoms with Crippen LogP contribution in [0.5, 0.6) is 0 Å². The molecule has 0 radical (unpaired) electrons. The predicted octanol–water partition coefficient (Wildman–Crippen LogP) is 4.13. The Kier molecular flexibility index (Phi) is 7.02. The van der Waals surface area contributed by atoms with Gasteiger partial charge in [-0.15, -0.1) is 0 Å². The largest absolute Gasteiger partial charge is 0.350 e. The number of aryl methyl sites for hydroxylation is 1. The Morgan fingerprint density at radius 1 is 1.18 bits per heavy atom. The lowest BCUT2D eigenvalue weighted by Gasteiger charge is -2.16. The Morgan fingerprint density at radius 2 is 2.00 bits per heavy atom. The second kappa shape index (κ2) is 8.35. The van der Waals surface area contributed by atoms with Crippen molar-refractivity contribution in [2.45, 2.75) is 65.5 Å². The number of rotatable bonds is 9. The first-order chi connectivity index (χ1) is 8.29. The standard InChI is InChI=1S/C15H28N2/c1-4-6-7-8-12-17-13-9-10-15(17)14(3)16-11-5-2/h9-10,13-14,16H,4-8,11-12H2,1-3H3. The second-order valence-electron chi connectivity index (χ2n) is 4.86. The normalized spacial score (nSPS) is 12.9. The summed E-state index contributed by atoms with van der Waals surface area (Å²) in [6.07, 6.45) is 8.74. The first-order valence-corrected chi connectivity index (χ1v) is 7.18. The average Bonchev–Trinajstić information content (AvgIpc) is 2.80. The van der Waals surface area contributed by atoms with Gasteiger partial charge in [0.05, 0.1) is 0 Å². The zero-order valence-corrected chi connectivity index (χ0v) is 11.7. The quantitative estimate of drug-likeness (QED) is 0.638. The van der Waals surface area contributed by atoms with Crippen LogP contribution in [-0.2, 0) is 6.54 Å².